The fraction of sp³-hybridized carbons (Fsp3) is 0.294. The van der Waals surface area contributed by atoms with Gasteiger partial charge in [0.1, 0.15) is 5.82 Å². The Bertz CT molecular complexity index is 994. The van der Waals surface area contributed by atoms with E-state index in [4.69, 9.17) is 0 Å². The number of aromatic nitrogens is 4. The third-order valence-electron chi connectivity index (χ3n) is 3.61. The van der Waals surface area contributed by atoms with Crippen molar-refractivity contribution >= 4 is 22.7 Å². The average Bonchev–Trinajstić information content (AvgIpc) is 2.54. The molecule has 2 N–H and O–H groups in total. The van der Waals surface area contributed by atoms with Crippen molar-refractivity contribution < 1.29 is 0 Å². The summed E-state index contributed by atoms with van der Waals surface area (Å²) in [6.07, 6.45) is 1.70. The molecule has 3 rings (SSSR count). The monoisotopic (exact) mass is 342 g/mol. The minimum atomic E-state index is -0.160. The van der Waals surface area contributed by atoms with E-state index in [2.05, 4.69) is 19.9 Å². The fourth-order valence-corrected chi connectivity index (χ4v) is 3.26. The van der Waals surface area contributed by atoms with Crippen LogP contribution in [0.15, 0.2) is 39.0 Å². The van der Waals surface area contributed by atoms with Crippen molar-refractivity contribution in [2.45, 2.75) is 37.6 Å². The van der Waals surface area contributed by atoms with Gasteiger partial charge in [0.05, 0.1) is 16.7 Å². The first kappa shape index (κ1) is 16.4. The first-order valence-electron chi connectivity index (χ1n) is 7.78. The summed E-state index contributed by atoms with van der Waals surface area (Å²) in [7, 11) is 0. The van der Waals surface area contributed by atoms with Crippen LogP contribution in [-0.2, 0) is 12.2 Å². The lowest BCUT2D eigenvalue weighted by Crippen LogP contribution is -2.13. The fourth-order valence-electron chi connectivity index (χ4n) is 2.49. The zero-order chi connectivity index (χ0) is 17.1. The van der Waals surface area contributed by atoms with Gasteiger partial charge in [0.15, 0.2) is 5.16 Å². The Balaban J connectivity index is 1.87. The van der Waals surface area contributed by atoms with Crippen LogP contribution in [0.1, 0.15) is 30.4 Å². The highest BCUT2D eigenvalue weighted by molar-refractivity contribution is 7.98. The third kappa shape index (κ3) is 3.56. The third-order valence-corrected chi connectivity index (χ3v) is 4.50. The summed E-state index contributed by atoms with van der Waals surface area (Å²) >= 11 is 1.35. The number of para-hydroxylation sites is 1. The quantitative estimate of drug-likeness (QED) is 0.549. The highest BCUT2D eigenvalue weighted by Gasteiger charge is 2.08. The van der Waals surface area contributed by atoms with E-state index >= 15 is 0 Å². The number of aryl methyl sites for hydroxylation is 2. The molecule has 6 nitrogen and oxygen atoms in total. The molecule has 0 aliphatic carbocycles. The van der Waals surface area contributed by atoms with Crippen molar-refractivity contribution in [1.29, 1.82) is 0 Å². The highest BCUT2D eigenvalue weighted by atomic mass is 32.2. The summed E-state index contributed by atoms with van der Waals surface area (Å²) in [6, 6.07) is 7.06. The zero-order valence-electron chi connectivity index (χ0n) is 13.5. The standard InChI is InChI=1S/C17H18N4O2S/c1-3-5-11-8-14(22)21-17(18-11)24-9-13-19-15-10(2)6-4-7-12(15)16(23)20-13/h4,6-8H,3,5,9H2,1-2H3,(H,18,21,22)(H,19,20,23). The number of nitrogens with zero attached hydrogens (tertiary/aromatic N) is 2. The van der Waals surface area contributed by atoms with Gasteiger partial charge in [-0.2, -0.15) is 0 Å². The molecule has 7 heteroatoms. The maximum absolute atomic E-state index is 12.2. The first-order valence-corrected chi connectivity index (χ1v) is 8.77. The molecule has 0 aliphatic rings. The molecular formula is C17H18N4O2S. The summed E-state index contributed by atoms with van der Waals surface area (Å²) in [6.45, 7) is 3.97. The molecule has 24 heavy (non-hydrogen) atoms. The summed E-state index contributed by atoms with van der Waals surface area (Å²) in [5.74, 6) is 0.994. The van der Waals surface area contributed by atoms with Gasteiger partial charge in [0.25, 0.3) is 11.1 Å². The second-order valence-corrected chi connectivity index (χ2v) is 6.53. The van der Waals surface area contributed by atoms with Crippen LogP contribution < -0.4 is 11.1 Å². The largest absolute Gasteiger partial charge is 0.309 e. The molecule has 0 saturated carbocycles. The van der Waals surface area contributed by atoms with Gasteiger partial charge in [-0.3, -0.25) is 9.59 Å². The van der Waals surface area contributed by atoms with E-state index in [9.17, 15) is 9.59 Å². The second-order valence-electron chi connectivity index (χ2n) is 5.56. The van der Waals surface area contributed by atoms with E-state index in [1.54, 1.807) is 6.07 Å². The van der Waals surface area contributed by atoms with Gasteiger partial charge < -0.3 is 9.97 Å². The summed E-state index contributed by atoms with van der Waals surface area (Å²) in [4.78, 5) is 38.3. The van der Waals surface area contributed by atoms with E-state index in [1.165, 1.54) is 17.8 Å². The topological polar surface area (TPSA) is 91.5 Å². The molecule has 0 aliphatic heterocycles. The van der Waals surface area contributed by atoms with Crippen LogP contribution >= 0.6 is 11.8 Å². The maximum atomic E-state index is 12.2. The molecule has 0 saturated heterocycles. The molecular weight excluding hydrogens is 324 g/mol. The minimum Gasteiger partial charge on any atom is -0.309 e. The van der Waals surface area contributed by atoms with Gasteiger partial charge in [-0.1, -0.05) is 37.2 Å². The number of nitrogens with one attached hydrogen (secondary N) is 2. The van der Waals surface area contributed by atoms with Gasteiger partial charge in [-0.05, 0) is 25.0 Å². The van der Waals surface area contributed by atoms with E-state index in [-0.39, 0.29) is 11.1 Å². The van der Waals surface area contributed by atoms with Gasteiger partial charge in [-0.15, -0.1) is 0 Å². The van der Waals surface area contributed by atoms with Crippen molar-refractivity contribution in [3.05, 3.63) is 62.1 Å². The number of hydrogen-bond acceptors (Lipinski definition) is 5. The molecule has 0 fully saturated rings. The normalized spacial score (nSPS) is 11.1. The summed E-state index contributed by atoms with van der Waals surface area (Å²) < 4.78 is 0. The predicted molar refractivity (Wildman–Crippen MR) is 95.5 cm³/mol. The van der Waals surface area contributed by atoms with Crippen LogP contribution in [0.4, 0.5) is 0 Å². The zero-order valence-corrected chi connectivity index (χ0v) is 14.4. The van der Waals surface area contributed by atoms with Crippen LogP contribution in [-0.4, -0.2) is 19.9 Å². The molecule has 0 spiro atoms. The summed E-state index contributed by atoms with van der Waals surface area (Å²) in [5.41, 5.74) is 2.13. The summed E-state index contributed by atoms with van der Waals surface area (Å²) in [5, 5.41) is 1.12. The molecule has 124 valence electrons. The number of fused-ring (bicyclic) bond motifs is 1. The maximum Gasteiger partial charge on any atom is 0.258 e. The Morgan fingerprint density at radius 3 is 2.79 bits per heavy atom. The number of hydrogen-bond donors (Lipinski definition) is 2. The molecule has 0 amide bonds. The number of aromatic amines is 2. The number of rotatable bonds is 5. The number of H-pyrrole nitrogens is 2. The molecule has 3 aromatic rings. The van der Waals surface area contributed by atoms with Gasteiger partial charge in [0.2, 0.25) is 0 Å². The van der Waals surface area contributed by atoms with Crippen molar-refractivity contribution in [3.8, 4) is 0 Å². The second kappa shape index (κ2) is 7.00. The van der Waals surface area contributed by atoms with Crippen molar-refractivity contribution in [1.82, 2.24) is 19.9 Å². The Hall–Kier alpha value is -2.41. The lowest BCUT2D eigenvalue weighted by Gasteiger charge is -2.05. The number of thioether (sulfide) groups is 1. The molecule has 1 aromatic carbocycles. The molecule has 0 unspecified atom stereocenters. The highest BCUT2D eigenvalue weighted by Crippen LogP contribution is 2.18. The van der Waals surface area contributed by atoms with E-state index in [0.717, 1.165) is 24.1 Å². The van der Waals surface area contributed by atoms with Crippen molar-refractivity contribution in [3.63, 3.8) is 0 Å². The molecule has 2 heterocycles. The molecule has 0 radical (unpaired) electrons. The van der Waals surface area contributed by atoms with Crippen LogP contribution in [0, 0.1) is 6.92 Å². The predicted octanol–water partition coefficient (Wildman–Crippen LogP) is 2.56. The first-order chi connectivity index (χ1) is 11.6. The Morgan fingerprint density at radius 1 is 1.17 bits per heavy atom. The van der Waals surface area contributed by atoms with Crippen LogP contribution in [0.2, 0.25) is 0 Å². The van der Waals surface area contributed by atoms with Crippen LogP contribution in [0.5, 0.6) is 0 Å². The smallest absolute Gasteiger partial charge is 0.258 e. The van der Waals surface area contributed by atoms with Crippen molar-refractivity contribution in [2.24, 2.45) is 0 Å². The molecule has 0 atom stereocenters. The lowest BCUT2D eigenvalue weighted by atomic mass is 10.1. The van der Waals surface area contributed by atoms with Gasteiger partial charge in [0, 0.05) is 11.8 Å². The average molecular weight is 342 g/mol. The Morgan fingerprint density at radius 2 is 2.00 bits per heavy atom. The number of benzene rings is 1. The minimum absolute atomic E-state index is 0.152. The Kier molecular flexibility index (Phi) is 4.80. The molecule has 0 bridgehead atoms. The van der Waals surface area contributed by atoms with Crippen LogP contribution in [0.25, 0.3) is 10.9 Å². The Labute approximate surface area is 142 Å². The van der Waals surface area contributed by atoms with E-state index in [1.807, 2.05) is 26.0 Å². The van der Waals surface area contributed by atoms with Crippen LogP contribution in [0.3, 0.4) is 0 Å². The molecule has 2 aromatic heterocycles. The van der Waals surface area contributed by atoms with E-state index < -0.39 is 0 Å². The lowest BCUT2D eigenvalue weighted by molar-refractivity contribution is 0.815. The van der Waals surface area contributed by atoms with Crippen molar-refractivity contribution in [2.75, 3.05) is 0 Å². The SMILES string of the molecule is CCCc1cc(=O)[nH]c(SCc2nc3c(C)cccc3c(=O)[nH]2)n1. The van der Waals surface area contributed by atoms with Gasteiger partial charge in [-0.25, -0.2) is 9.97 Å². The van der Waals surface area contributed by atoms with Gasteiger partial charge >= 0.3 is 0 Å². The van der Waals surface area contributed by atoms with E-state index in [0.29, 0.717) is 27.6 Å².